The standard InChI is InChI=1S/C25H32N8O3/c1-15(2)32-10-9-20-21(13-32)27-22(28-23(20)33-11-12-35-14-16(33)3)18-5-7-19(8-6-18)26-24(34)29-25-31-30-17(4)36-25/h5-8,15-16H,9-14H2,1-4H3,(H2,26,29,31,34)/t16-/m0/s1. The van der Waals surface area contributed by atoms with E-state index in [1.54, 1.807) is 6.92 Å². The van der Waals surface area contributed by atoms with Crippen LogP contribution in [-0.4, -0.2) is 69.5 Å². The monoisotopic (exact) mass is 492 g/mol. The van der Waals surface area contributed by atoms with Crippen molar-refractivity contribution in [2.24, 2.45) is 0 Å². The van der Waals surface area contributed by atoms with Crippen molar-refractivity contribution < 1.29 is 13.9 Å². The molecule has 190 valence electrons. The van der Waals surface area contributed by atoms with Crippen LogP contribution in [0.2, 0.25) is 0 Å². The van der Waals surface area contributed by atoms with Crippen molar-refractivity contribution in [3.05, 3.63) is 41.4 Å². The normalized spacial score (nSPS) is 18.2. The van der Waals surface area contributed by atoms with Crippen LogP contribution in [0.3, 0.4) is 0 Å². The molecule has 11 nitrogen and oxygen atoms in total. The number of fused-ring (bicyclic) bond motifs is 1. The van der Waals surface area contributed by atoms with Crippen LogP contribution in [0.15, 0.2) is 28.7 Å². The summed E-state index contributed by atoms with van der Waals surface area (Å²) in [5.41, 5.74) is 3.85. The smallest absolute Gasteiger partial charge is 0.327 e. The Morgan fingerprint density at radius 1 is 1.11 bits per heavy atom. The number of nitrogens with zero attached hydrogens (tertiary/aromatic N) is 6. The van der Waals surface area contributed by atoms with Gasteiger partial charge in [-0.05, 0) is 51.5 Å². The number of rotatable bonds is 5. The fourth-order valence-corrected chi connectivity index (χ4v) is 4.59. The highest BCUT2D eigenvalue weighted by atomic mass is 16.5. The maximum atomic E-state index is 12.2. The number of anilines is 3. The number of hydrogen-bond acceptors (Lipinski definition) is 9. The number of aromatic nitrogens is 4. The van der Waals surface area contributed by atoms with Gasteiger partial charge in [-0.15, -0.1) is 5.10 Å². The number of ether oxygens (including phenoxy) is 1. The fraction of sp³-hybridized carbons (Fsp3) is 0.480. The van der Waals surface area contributed by atoms with Crippen molar-refractivity contribution in [1.82, 2.24) is 25.1 Å². The quantitative estimate of drug-likeness (QED) is 0.551. The molecule has 5 rings (SSSR count). The molecule has 4 heterocycles. The molecule has 3 aromatic rings. The minimum Gasteiger partial charge on any atom is -0.408 e. The summed E-state index contributed by atoms with van der Waals surface area (Å²) in [4.78, 5) is 27.1. The number of urea groups is 1. The first-order chi connectivity index (χ1) is 17.4. The zero-order valence-corrected chi connectivity index (χ0v) is 21.1. The van der Waals surface area contributed by atoms with Gasteiger partial charge in [0.15, 0.2) is 5.82 Å². The van der Waals surface area contributed by atoms with Gasteiger partial charge in [0, 0.05) is 49.4 Å². The number of amides is 2. The van der Waals surface area contributed by atoms with E-state index in [9.17, 15) is 4.79 Å². The van der Waals surface area contributed by atoms with E-state index in [0.29, 0.717) is 36.7 Å². The van der Waals surface area contributed by atoms with Gasteiger partial charge in [0.1, 0.15) is 5.82 Å². The van der Waals surface area contributed by atoms with Gasteiger partial charge in [-0.25, -0.2) is 14.8 Å². The lowest BCUT2D eigenvalue weighted by Crippen LogP contribution is -2.45. The van der Waals surface area contributed by atoms with Crippen LogP contribution in [0.5, 0.6) is 0 Å². The van der Waals surface area contributed by atoms with Gasteiger partial charge in [-0.3, -0.25) is 10.2 Å². The Morgan fingerprint density at radius 3 is 2.61 bits per heavy atom. The summed E-state index contributed by atoms with van der Waals surface area (Å²) in [5.74, 6) is 2.08. The third-order valence-electron chi connectivity index (χ3n) is 6.59. The van der Waals surface area contributed by atoms with E-state index in [-0.39, 0.29) is 12.1 Å². The Labute approximate surface area is 210 Å². The van der Waals surface area contributed by atoms with Gasteiger partial charge in [0.25, 0.3) is 0 Å². The topological polar surface area (TPSA) is 122 Å². The summed E-state index contributed by atoms with van der Waals surface area (Å²) in [6, 6.07) is 7.78. The zero-order chi connectivity index (χ0) is 25.2. The van der Waals surface area contributed by atoms with Crippen LogP contribution in [0.4, 0.5) is 22.3 Å². The number of morpholine rings is 1. The summed E-state index contributed by atoms with van der Waals surface area (Å²) in [7, 11) is 0. The summed E-state index contributed by atoms with van der Waals surface area (Å²) < 4.78 is 10.9. The largest absolute Gasteiger partial charge is 0.408 e. The Balaban J connectivity index is 1.40. The highest BCUT2D eigenvalue weighted by Gasteiger charge is 2.29. The number of carbonyl (C=O) groups excluding carboxylic acids is 1. The molecule has 2 amide bonds. The SMILES string of the molecule is Cc1nnc(NC(=O)Nc2ccc(-c3nc4c(c(N5CCOC[C@@H]5C)n3)CCN(C(C)C)C4)cc2)o1. The second-order valence-electron chi connectivity index (χ2n) is 9.51. The molecule has 2 N–H and O–H groups in total. The van der Waals surface area contributed by atoms with E-state index in [4.69, 9.17) is 19.1 Å². The van der Waals surface area contributed by atoms with E-state index >= 15 is 0 Å². The van der Waals surface area contributed by atoms with Crippen molar-refractivity contribution in [3.63, 3.8) is 0 Å². The van der Waals surface area contributed by atoms with Crippen molar-refractivity contribution in [2.75, 3.05) is 41.8 Å². The molecule has 2 aromatic heterocycles. The maximum Gasteiger partial charge on any atom is 0.327 e. The summed E-state index contributed by atoms with van der Waals surface area (Å²) in [6.45, 7) is 12.3. The average molecular weight is 493 g/mol. The predicted octanol–water partition coefficient (Wildman–Crippen LogP) is 3.47. The molecule has 1 atom stereocenters. The first kappa shape index (κ1) is 24.1. The lowest BCUT2D eigenvalue weighted by Gasteiger charge is -2.38. The molecule has 0 radical (unpaired) electrons. The van der Waals surface area contributed by atoms with Crippen molar-refractivity contribution in [2.45, 2.75) is 52.7 Å². The first-order valence-corrected chi connectivity index (χ1v) is 12.3. The number of benzene rings is 1. The number of carbonyl (C=O) groups is 1. The summed E-state index contributed by atoms with van der Waals surface area (Å²) in [5, 5.41) is 12.7. The van der Waals surface area contributed by atoms with Gasteiger partial charge in [0.05, 0.1) is 24.9 Å². The fourth-order valence-electron chi connectivity index (χ4n) is 4.59. The first-order valence-electron chi connectivity index (χ1n) is 12.3. The molecule has 0 spiro atoms. The molecule has 11 heteroatoms. The van der Waals surface area contributed by atoms with E-state index in [2.05, 4.69) is 51.4 Å². The predicted molar refractivity (Wildman–Crippen MR) is 136 cm³/mol. The Morgan fingerprint density at radius 2 is 1.92 bits per heavy atom. The Hall–Kier alpha value is -3.57. The van der Waals surface area contributed by atoms with Crippen molar-refractivity contribution in [3.8, 4) is 11.4 Å². The van der Waals surface area contributed by atoms with Crippen LogP contribution < -0.4 is 15.5 Å². The summed E-state index contributed by atoms with van der Waals surface area (Å²) >= 11 is 0. The number of aryl methyl sites for hydroxylation is 1. The molecule has 2 aliphatic rings. The second-order valence-corrected chi connectivity index (χ2v) is 9.51. The maximum absolute atomic E-state index is 12.2. The van der Waals surface area contributed by atoms with E-state index < -0.39 is 6.03 Å². The van der Waals surface area contributed by atoms with Gasteiger partial charge in [0.2, 0.25) is 5.89 Å². The molecule has 0 aliphatic carbocycles. The molecule has 0 unspecified atom stereocenters. The second kappa shape index (κ2) is 10.2. The minimum atomic E-state index is -0.464. The van der Waals surface area contributed by atoms with Crippen LogP contribution in [0.1, 0.15) is 37.9 Å². The Bertz CT molecular complexity index is 1230. The van der Waals surface area contributed by atoms with E-state index in [1.807, 2.05) is 24.3 Å². The molecule has 2 aliphatic heterocycles. The third kappa shape index (κ3) is 5.17. The van der Waals surface area contributed by atoms with Crippen LogP contribution in [-0.2, 0) is 17.7 Å². The van der Waals surface area contributed by atoms with E-state index in [0.717, 1.165) is 43.1 Å². The lowest BCUT2D eigenvalue weighted by molar-refractivity contribution is 0.0983. The third-order valence-corrected chi connectivity index (χ3v) is 6.59. The molecular formula is C25H32N8O3. The lowest BCUT2D eigenvalue weighted by atomic mass is 10.0. The van der Waals surface area contributed by atoms with Crippen LogP contribution >= 0.6 is 0 Å². The number of nitrogens with one attached hydrogen (secondary N) is 2. The minimum absolute atomic E-state index is 0.0457. The van der Waals surface area contributed by atoms with Gasteiger partial charge < -0.3 is 19.4 Å². The number of hydrogen-bond donors (Lipinski definition) is 2. The van der Waals surface area contributed by atoms with Gasteiger partial charge in [-0.2, -0.15) is 0 Å². The highest BCUT2D eigenvalue weighted by molar-refractivity contribution is 5.98. The van der Waals surface area contributed by atoms with Gasteiger partial charge in [-0.1, -0.05) is 5.10 Å². The highest BCUT2D eigenvalue weighted by Crippen LogP contribution is 2.32. The summed E-state index contributed by atoms with van der Waals surface area (Å²) in [6.07, 6.45) is 0.935. The average Bonchev–Trinajstić information content (AvgIpc) is 3.27. The van der Waals surface area contributed by atoms with Gasteiger partial charge >= 0.3 is 12.0 Å². The molecule has 36 heavy (non-hydrogen) atoms. The molecule has 1 fully saturated rings. The van der Waals surface area contributed by atoms with Crippen molar-refractivity contribution >= 4 is 23.6 Å². The molecule has 1 saturated heterocycles. The van der Waals surface area contributed by atoms with E-state index in [1.165, 1.54) is 5.56 Å². The van der Waals surface area contributed by atoms with Crippen LogP contribution in [0, 0.1) is 6.92 Å². The zero-order valence-electron chi connectivity index (χ0n) is 21.1. The van der Waals surface area contributed by atoms with Crippen molar-refractivity contribution in [1.29, 1.82) is 0 Å². The van der Waals surface area contributed by atoms with Crippen LogP contribution in [0.25, 0.3) is 11.4 Å². The molecule has 0 saturated carbocycles. The Kier molecular flexibility index (Phi) is 6.84. The molecule has 0 bridgehead atoms. The molecule has 1 aromatic carbocycles. The molecular weight excluding hydrogens is 460 g/mol.